The summed E-state index contributed by atoms with van der Waals surface area (Å²) in [5, 5.41) is 0. The Morgan fingerprint density at radius 2 is 1.18 bits per heavy atom. The van der Waals surface area contributed by atoms with Gasteiger partial charge in [0.05, 0.1) is 5.72 Å². The van der Waals surface area contributed by atoms with Crippen molar-refractivity contribution in [3.05, 3.63) is 168 Å². The maximum absolute atomic E-state index is 4.75. The maximum atomic E-state index is 4.75. The second-order valence-corrected chi connectivity index (χ2v) is 12.0. The van der Waals surface area contributed by atoms with Gasteiger partial charge >= 0.3 is 0 Å². The van der Waals surface area contributed by atoms with Gasteiger partial charge in [0.2, 0.25) is 7.28 Å². The van der Waals surface area contributed by atoms with Gasteiger partial charge in [-0.1, -0.05) is 146 Å². The van der Waals surface area contributed by atoms with Crippen molar-refractivity contribution in [3.63, 3.8) is 0 Å². The fourth-order valence-corrected chi connectivity index (χ4v) is 6.98. The lowest BCUT2D eigenvalue weighted by Crippen LogP contribution is -2.32. The average molecular weight is 524 g/mol. The Morgan fingerprint density at radius 3 is 1.69 bits per heavy atom. The second kappa shape index (κ2) is 13.8. The Hall–Kier alpha value is -3.89. The van der Waals surface area contributed by atoms with Crippen LogP contribution in [0, 0.1) is 5.92 Å². The maximum Gasteiger partial charge on any atom is 0.215 e. The molecule has 4 aromatic carbocycles. The van der Waals surface area contributed by atoms with E-state index in [0.29, 0.717) is 11.8 Å². The molecule has 5 aromatic rings. The molecular weight excluding hydrogens is 487 g/mol. The topological polar surface area (TPSA) is 17.8 Å². The van der Waals surface area contributed by atoms with Crippen molar-refractivity contribution in [2.45, 2.75) is 30.9 Å². The van der Waals surface area contributed by atoms with E-state index in [1.807, 2.05) is 6.20 Å². The Morgan fingerprint density at radius 1 is 0.692 bits per heavy atom. The van der Waals surface area contributed by atoms with Gasteiger partial charge in [-0.2, -0.15) is 0 Å². The molecule has 4 heteroatoms. The Kier molecular flexibility index (Phi) is 9.43. The quantitative estimate of drug-likeness (QED) is 0.134. The van der Waals surface area contributed by atoms with E-state index in [1.165, 1.54) is 28.3 Å². The molecule has 0 bridgehead atoms. The number of imidazole rings is 1. The first-order valence-electron chi connectivity index (χ1n) is 14.0. The van der Waals surface area contributed by atoms with E-state index in [4.69, 9.17) is 4.98 Å². The molecular formula is C35H36BN2Si. The van der Waals surface area contributed by atoms with Crippen LogP contribution in [0.25, 0.3) is 0 Å². The van der Waals surface area contributed by atoms with Crippen LogP contribution in [0.5, 0.6) is 0 Å². The zero-order valence-electron chi connectivity index (χ0n) is 22.7. The van der Waals surface area contributed by atoms with E-state index < -0.39 is 0 Å². The number of allylic oxidation sites excluding steroid dienone is 2. The zero-order valence-corrected chi connectivity index (χ0v) is 24.1. The predicted octanol–water partition coefficient (Wildman–Crippen LogP) is 6.57. The minimum atomic E-state index is -0.305. The SMILES string of the molecule is CC(C=CC(c1ccccc1)c1ccccc1)C[SiH2]Cn1ccnc1[B]C(c1ccccc1)c1ccccc1. The van der Waals surface area contributed by atoms with Crippen LogP contribution in [0.4, 0.5) is 0 Å². The summed E-state index contributed by atoms with van der Waals surface area (Å²) in [5.74, 6) is 1.04. The minimum absolute atomic E-state index is 0.185. The molecule has 1 heterocycles. The molecule has 0 N–H and O–H groups in total. The van der Waals surface area contributed by atoms with Crippen molar-refractivity contribution in [1.82, 2.24) is 9.55 Å². The first-order valence-corrected chi connectivity index (χ1v) is 16.0. The number of hydrogen-bond acceptors (Lipinski definition) is 1. The fraction of sp³-hybridized carbons (Fsp3) is 0.171. The van der Waals surface area contributed by atoms with Gasteiger partial charge in [-0.05, 0) is 34.0 Å². The van der Waals surface area contributed by atoms with Gasteiger partial charge in [0, 0.05) is 34.0 Å². The molecule has 1 unspecified atom stereocenters. The largest absolute Gasteiger partial charge is 0.347 e. The first-order chi connectivity index (χ1) is 19.3. The molecule has 2 nitrogen and oxygen atoms in total. The lowest BCUT2D eigenvalue weighted by atomic mass is 9.58. The number of benzene rings is 4. The van der Waals surface area contributed by atoms with E-state index in [2.05, 4.69) is 158 Å². The summed E-state index contributed by atoms with van der Waals surface area (Å²) >= 11 is 0. The third kappa shape index (κ3) is 7.36. The zero-order chi connectivity index (χ0) is 26.7. The molecule has 0 aliphatic heterocycles. The van der Waals surface area contributed by atoms with Crippen molar-refractivity contribution in [3.8, 4) is 0 Å². The van der Waals surface area contributed by atoms with E-state index in [0.717, 1.165) is 11.9 Å². The summed E-state index contributed by atoms with van der Waals surface area (Å²) in [7, 11) is 2.02. The smallest absolute Gasteiger partial charge is 0.215 e. The van der Waals surface area contributed by atoms with Crippen LogP contribution in [-0.2, 0) is 6.17 Å². The van der Waals surface area contributed by atoms with E-state index in [-0.39, 0.29) is 15.3 Å². The molecule has 39 heavy (non-hydrogen) atoms. The third-order valence-corrected chi connectivity index (χ3v) is 9.51. The highest BCUT2D eigenvalue weighted by molar-refractivity contribution is 6.54. The molecule has 1 radical (unpaired) electrons. The monoisotopic (exact) mass is 523 g/mol. The fourth-order valence-electron chi connectivity index (χ4n) is 5.24. The van der Waals surface area contributed by atoms with Gasteiger partial charge in [-0.3, -0.25) is 4.98 Å². The van der Waals surface area contributed by atoms with Crippen LogP contribution >= 0.6 is 0 Å². The van der Waals surface area contributed by atoms with Crippen molar-refractivity contribution < 1.29 is 0 Å². The Labute approximate surface area is 236 Å². The van der Waals surface area contributed by atoms with E-state index in [9.17, 15) is 0 Å². The van der Waals surface area contributed by atoms with E-state index in [1.54, 1.807) is 0 Å². The molecule has 1 aromatic heterocycles. The lowest BCUT2D eigenvalue weighted by Gasteiger charge is -2.18. The molecule has 1 atom stereocenters. The molecule has 0 amide bonds. The van der Waals surface area contributed by atoms with Crippen molar-refractivity contribution >= 4 is 22.5 Å². The average Bonchev–Trinajstić information content (AvgIpc) is 3.45. The van der Waals surface area contributed by atoms with Crippen LogP contribution in [0.2, 0.25) is 6.04 Å². The molecule has 0 saturated heterocycles. The third-order valence-electron chi connectivity index (χ3n) is 7.39. The molecule has 5 rings (SSSR count). The highest BCUT2D eigenvalue weighted by Gasteiger charge is 2.19. The molecule has 0 aliphatic carbocycles. The normalized spacial score (nSPS) is 12.6. The van der Waals surface area contributed by atoms with Crippen LogP contribution < -0.4 is 5.72 Å². The van der Waals surface area contributed by atoms with Crippen LogP contribution in [0.1, 0.15) is 40.9 Å². The van der Waals surface area contributed by atoms with Crippen molar-refractivity contribution in [2.75, 3.05) is 0 Å². The van der Waals surface area contributed by atoms with Gasteiger partial charge < -0.3 is 4.57 Å². The highest BCUT2D eigenvalue weighted by Crippen LogP contribution is 2.27. The number of nitrogens with zero attached hydrogens (tertiary/aromatic N) is 2. The van der Waals surface area contributed by atoms with Crippen molar-refractivity contribution in [1.29, 1.82) is 0 Å². The Bertz CT molecular complexity index is 1340. The summed E-state index contributed by atoms with van der Waals surface area (Å²) in [6, 6.07) is 44.4. The molecule has 0 fully saturated rings. The van der Waals surface area contributed by atoms with Gasteiger partial charge in [0.1, 0.15) is 0 Å². The van der Waals surface area contributed by atoms with Gasteiger partial charge in [0.25, 0.3) is 0 Å². The predicted molar refractivity (Wildman–Crippen MR) is 169 cm³/mol. The number of rotatable bonds is 12. The summed E-state index contributed by atoms with van der Waals surface area (Å²) in [4.78, 5) is 4.75. The molecule has 0 saturated carbocycles. The second-order valence-electron chi connectivity index (χ2n) is 10.2. The van der Waals surface area contributed by atoms with Gasteiger partial charge in [-0.15, -0.1) is 0 Å². The summed E-state index contributed by atoms with van der Waals surface area (Å²) in [6.07, 6.45) is 10.0. The highest BCUT2D eigenvalue weighted by atomic mass is 28.2. The van der Waals surface area contributed by atoms with Crippen LogP contribution in [-0.4, -0.2) is 26.4 Å². The van der Waals surface area contributed by atoms with Gasteiger partial charge in [0.15, 0.2) is 0 Å². The molecule has 193 valence electrons. The van der Waals surface area contributed by atoms with Gasteiger partial charge in [-0.25, -0.2) is 0 Å². The Balaban J connectivity index is 1.22. The first kappa shape index (κ1) is 26.7. The van der Waals surface area contributed by atoms with Crippen molar-refractivity contribution in [2.24, 2.45) is 5.92 Å². The van der Waals surface area contributed by atoms with Crippen LogP contribution in [0.3, 0.4) is 0 Å². The van der Waals surface area contributed by atoms with E-state index >= 15 is 0 Å². The number of aromatic nitrogens is 2. The molecule has 0 spiro atoms. The molecule has 0 aliphatic rings. The number of hydrogen-bond donors (Lipinski definition) is 0. The summed E-state index contributed by atoms with van der Waals surface area (Å²) < 4.78 is 2.36. The summed E-state index contributed by atoms with van der Waals surface area (Å²) in [5.41, 5.74) is 6.33. The summed E-state index contributed by atoms with van der Waals surface area (Å²) in [6.45, 7) is 2.36. The lowest BCUT2D eigenvalue weighted by molar-refractivity contribution is 0.796. The minimum Gasteiger partial charge on any atom is -0.347 e. The standard InChI is InChI=1S/C35H36BN2Si/c1-28(22-23-33(29-14-6-2-7-15-29)30-16-8-3-9-17-30)26-39-27-38-25-24-37-35(38)36-34(31-18-10-4-11-19-31)32-20-12-5-13-21-32/h2-25,28,33-34H,26-27,39H2,1H3. The van der Waals surface area contributed by atoms with Crippen LogP contribution in [0.15, 0.2) is 146 Å².